The van der Waals surface area contributed by atoms with Crippen molar-refractivity contribution in [2.45, 2.75) is 6.61 Å². The fourth-order valence-electron chi connectivity index (χ4n) is 1.60. The van der Waals surface area contributed by atoms with E-state index in [1.165, 1.54) is 18.2 Å². The summed E-state index contributed by atoms with van der Waals surface area (Å²) >= 11 is 0. The molecule has 1 amide bonds. The predicted octanol–water partition coefficient (Wildman–Crippen LogP) is 3.82. The second-order valence-corrected chi connectivity index (χ2v) is 3.98. The molecular weight excluding hydrogens is 290 g/mol. The number of hydrogen-bond donors (Lipinski definition) is 1. The van der Waals surface area contributed by atoms with Gasteiger partial charge in [0.1, 0.15) is 17.4 Å². The summed E-state index contributed by atoms with van der Waals surface area (Å²) in [6.07, 6.45) is 0. The molecule has 2 aromatic carbocycles. The summed E-state index contributed by atoms with van der Waals surface area (Å²) < 4.78 is 54.7. The van der Waals surface area contributed by atoms with Crippen LogP contribution in [0.5, 0.6) is 5.75 Å². The van der Waals surface area contributed by atoms with Crippen LogP contribution in [0.2, 0.25) is 0 Å². The summed E-state index contributed by atoms with van der Waals surface area (Å²) in [4.78, 5) is 11.9. The fraction of sp³-hybridized carbons (Fsp3) is 0.0714. The summed E-state index contributed by atoms with van der Waals surface area (Å²) in [5.41, 5.74) is -0.378. The molecule has 21 heavy (non-hydrogen) atoms. The van der Waals surface area contributed by atoms with Crippen molar-refractivity contribution in [1.29, 1.82) is 0 Å². The Morgan fingerprint density at radius 3 is 2.57 bits per heavy atom. The highest BCUT2D eigenvalue weighted by Gasteiger charge is 2.12. The van der Waals surface area contributed by atoms with E-state index < -0.39 is 24.2 Å². The molecule has 0 saturated heterocycles. The molecule has 7 heteroatoms. The number of amides is 1. The number of halogens is 4. The Balaban J connectivity index is 2.18. The van der Waals surface area contributed by atoms with Crippen LogP contribution in [0, 0.1) is 11.6 Å². The fourth-order valence-corrected chi connectivity index (χ4v) is 1.60. The second-order valence-electron chi connectivity index (χ2n) is 3.98. The zero-order valence-electron chi connectivity index (χ0n) is 10.4. The van der Waals surface area contributed by atoms with Crippen LogP contribution in [0.4, 0.5) is 23.2 Å². The number of rotatable bonds is 4. The van der Waals surface area contributed by atoms with Gasteiger partial charge in [-0.05, 0) is 30.3 Å². The van der Waals surface area contributed by atoms with Crippen molar-refractivity contribution in [3.8, 4) is 5.75 Å². The van der Waals surface area contributed by atoms with E-state index >= 15 is 0 Å². The molecule has 0 aliphatic heterocycles. The van der Waals surface area contributed by atoms with Gasteiger partial charge in [0.15, 0.2) is 0 Å². The number of nitrogens with one attached hydrogen (secondary N) is 1. The SMILES string of the molecule is O=C(Nc1cc(F)ccc1F)c1cccc(OC(F)F)c1. The van der Waals surface area contributed by atoms with Crippen LogP contribution < -0.4 is 10.1 Å². The van der Waals surface area contributed by atoms with Crippen LogP contribution in [0.25, 0.3) is 0 Å². The monoisotopic (exact) mass is 299 g/mol. The van der Waals surface area contributed by atoms with E-state index in [4.69, 9.17) is 0 Å². The minimum Gasteiger partial charge on any atom is -0.435 e. The van der Waals surface area contributed by atoms with E-state index in [0.717, 1.165) is 24.3 Å². The number of hydrogen-bond acceptors (Lipinski definition) is 2. The number of alkyl halides is 2. The number of benzene rings is 2. The molecule has 1 N–H and O–H groups in total. The summed E-state index contributed by atoms with van der Waals surface area (Å²) in [7, 11) is 0. The zero-order chi connectivity index (χ0) is 15.4. The largest absolute Gasteiger partial charge is 0.435 e. The van der Waals surface area contributed by atoms with Gasteiger partial charge in [-0.25, -0.2) is 8.78 Å². The Bertz CT molecular complexity index is 661. The van der Waals surface area contributed by atoms with E-state index in [1.54, 1.807) is 0 Å². The molecule has 110 valence electrons. The molecule has 0 bridgehead atoms. The number of carbonyl (C=O) groups excluding carboxylic acids is 1. The third-order valence-corrected chi connectivity index (χ3v) is 2.50. The normalized spacial score (nSPS) is 10.5. The van der Waals surface area contributed by atoms with E-state index in [1.807, 2.05) is 0 Å². The highest BCUT2D eigenvalue weighted by atomic mass is 19.3. The first-order valence-corrected chi connectivity index (χ1v) is 5.77. The number of ether oxygens (including phenoxy) is 1. The van der Waals surface area contributed by atoms with Crippen molar-refractivity contribution in [3.05, 3.63) is 59.7 Å². The van der Waals surface area contributed by atoms with Gasteiger partial charge in [0.2, 0.25) is 0 Å². The molecule has 0 unspecified atom stereocenters. The molecule has 0 atom stereocenters. The molecular formula is C14H9F4NO2. The minimum atomic E-state index is -3.02. The first-order chi connectivity index (χ1) is 9.95. The third-order valence-electron chi connectivity index (χ3n) is 2.50. The number of carbonyl (C=O) groups is 1. The van der Waals surface area contributed by atoms with Gasteiger partial charge in [-0.1, -0.05) is 6.07 Å². The lowest BCUT2D eigenvalue weighted by Gasteiger charge is -2.08. The molecule has 0 saturated carbocycles. The lowest BCUT2D eigenvalue weighted by molar-refractivity contribution is -0.0498. The Kier molecular flexibility index (Phi) is 4.42. The van der Waals surface area contributed by atoms with Crippen molar-refractivity contribution in [2.24, 2.45) is 0 Å². The maximum Gasteiger partial charge on any atom is 0.387 e. The van der Waals surface area contributed by atoms with Gasteiger partial charge in [-0.3, -0.25) is 4.79 Å². The van der Waals surface area contributed by atoms with Crippen LogP contribution in [0.1, 0.15) is 10.4 Å². The van der Waals surface area contributed by atoms with Crippen molar-refractivity contribution < 1.29 is 27.1 Å². The van der Waals surface area contributed by atoms with Crippen LogP contribution in [0.15, 0.2) is 42.5 Å². The maximum atomic E-state index is 13.4. The van der Waals surface area contributed by atoms with Gasteiger partial charge in [-0.15, -0.1) is 0 Å². The van der Waals surface area contributed by atoms with Crippen LogP contribution >= 0.6 is 0 Å². The second kappa shape index (κ2) is 6.25. The Hall–Kier alpha value is -2.57. The zero-order valence-corrected chi connectivity index (χ0v) is 10.4. The molecule has 0 fully saturated rings. The van der Waals surface area contributed by atoms with E-state index in [2.05, 4.69) is 10.1 Å². The van der Waals surface area contributed by atoms with Crippen molar-refractivity contribution in [3.63, 3.8) is 0 Å². The Labute approximate surface area is 117 Å². The highest BCUT2D eigenvalue weighted by Crippen LogP contribution is 2.19. The molecule has 0 heterocycles. The first kappa shape index (κ1) is 14.8. The molecule has 0 aliphatic rings. The smallest absolute Gasteiger partial charge is 0.387 e. The molecule has 0 spiro atoms. The molecule has 0 aliphatic carbocycles. The van der Waals surface area contributed by atoms with Gasteiger partial charge in [0.05, 0.1) is 5.69 Å². The first-order valence-electron chi connectivity index (χ1n) is 5.77. The van der Waals surface area contributed by atoms with Crippen molar-refractivity contribution >= 4 is 11.6 Å². The molecule has 2 aromatic rings. The molecule has 0 radical (unpaired) electrons. The standard InChI is InChI=1S/C14H9F4NO2/c15-9-4-5-11(16)12(7-9)19-13(20)8-2-1-3-10(6-8)21-14(17)18/h1-7,14H,(H,19,20). The summed E-state index contributed by atoms with van der Waals surface area (Å²) in [5, 5.41) is 2.15. The lowest BCUT2D eigenvalue weighted by Crippen LogP contribution is -2.13. The van der Waals surface area contributed by atoms with Gasteiger partial charge >= 0.3 is 6.61 Å². The van der Waals surface area contributed by atoms with Gasteiger partial charge < -0.3 is 10.1 Å². The Morgan fingerprint density at radius 2 is 1.86 bits per heavy atom. The minimum absolute atomic E-state index is 0.0307. The average Bonchev–Trinajstić information content (AvgIpc) is 2.42. The highest BCUT2D eigenvalue weighted by molar-refractivity contribution is 6.04. The van der Waals surface area contributed by atoms with E-state index in [0.29, 0.717) is 0 Å². The lowest BCUT2D eigenvalue weighted by atomic mass is 10.2. The summed E-state index contributed by atoms with van der Waals surface area (Å²) in [6, 6.07) is 7.54. The Morgan fingerprint density at radius 1 is 1.10 bits per heavy atom. The van der Waals surface area contributed by atoms with Gasteiger partial charge in [0.25, 0.3) is 5.91 Å². The van der Waals surface area contributed by atoms with E-state index in [9.17, 15) is 22.4 Å². The summed E-state index contributed by atoms with van der Waals surface area (Å²) in [5.74, 6) is -2.53. The number of anilines is 1. The maximum absolute atomic E-state index is 13.4. The molecule has 3 nitrogen and oxygen atoms in total. The van der Waals surface area contributed by atoms with Gasteiger partial charge in [0, 0.05) is 11.6 Å². The van der Waals surface area contributed by atoms with Crippen LogP contribution in [-0.4, -0.2) is 12.5 Å². The summed E-state index contributed by atoms with van der Waals surface area (Å²) in [6.45, 7) is -3.02. The average molecular weight is 299 g/mol. The van der Waals surface area contributed by atoms with Crippen LogP contribution in [-0.2, 0) is 0 Å². The quantitative estimate of drug-likeness (QED) is 0.872. The predicted molar refractivity (Wildman–Crippen MR) is 67.4 cm³/mol. The third kappa shape index (κ3) is 3.95. The van der Waals surface area contributed by atoms with E-state index in [-0.39, 0.29) is 17.0 Å². The topological polar surface area (TPSA) is 38.3 Å². The van der Waals surface area contributed by atoms with Crippen molar-refractivity contribution in [2.75, 3.05) is 5.32 Å². The van der Waals surface area contributed by atoms with Gasteiger partial charge in [-0.2, -0.15) is 8.78 Å². The van der Waals surface area contributed by atoms with Crippen LogP contribution in [0.3, 0.4) is 0 Å². The van der Waals surface area contributed by atoms with Crippen molar-refractivity contribution in [1.82, 2.24) is 0 Å². The molecule has 0 aromatic heterocycles. The molecule has 2 rings (SSSR count).